The molecule has 92 valence electrons. The van der Waals surface area contributed by atoms with Crippen LogP contribution in [0.25, 0.3) is 0 Å². The van der Waals surface area contributed by atoms with Gasteiger partial charge in [0.05, 0.1) is 0 Å². The summed E-state index contributed by atoms with van der Waals surface area (Å²) in [6.07, 6.45) is 1.03. The van der Waals surface area contributed by atoms with Crippen LogP contribution in [0.4, 0.5) is 5.13 Å². The van der Waals surface area contributed by atoms with E-state index in [2.05, 4.69) is 42.4 Å². The van der Waals surface area contributed by atoms with Gasteiger partial charge >= 0.3 is 0 Å². The van der Waals surface area contributed by atoms with Crippen LogP contribution in [0, 0.1) is 5.92 Å². The maximum Gasteiger partial charge on any atom is 0.202 e. The van der Waals surface area contributed by atoms with Gasteiger partial charge in [0, 0.05) is 29.4 Å². The largest absolute Gasteiger partial charge is 0.360 e. The number of hydrogen-bond donors (Lipinski definition) is 1. The lowest BCUT2D eigenvalue weighted by Crippen LogP contribution is -2.14. The van der Waals surface area contributed by atoms with Crippen LogP contribution in [-0.2, 0) is 5.41 Å². The number of halogens is 1. The third-order valence-electron chi connectivity index (χ3n) is 2.30. The Kier molecular flexibility index (Phi) is 4.99. The summed E-state index contributed by atoms with van der Waals surface area (Å²) in [4.78, 5) is 4.48. The molecular formula is C11H20ClN3S. The van der Waals surface area contributed by atoms with Gasteiger partial charge in [0.2, 0.25) is 5.13 Å². The summed E-state index contributed by atoms with van der Waals surface area (Å²) in [5.41, 5.74) is 0.0260. The van der Waals surface area contributed by atoms with E-state index in [4.69, 9.17) is 11.6 Å². The molecule has 0 saturated carbocycles. The van der Waals surface area contributed by atoms with E-state index in [1.165, 1.54) is 11.5 Å². The second-order valence-corrected chi connectivity index (χ2v) is 6.27. The first-order valence-electron chi connectivity index (χ1n) is 5.57. The molecule has 0 aliphatic carbocycles. The van der Waals surface area contributed by atoms with Crippen molar-refractivity contribution in [3.63, 3.8) is 0 Å². The highest BCUT2D eigenvalue weighted by molar-refractivity contribution is 7.09. The van der Waals surface area contributed by atoms with Crippen LogP contribution in [-0.4, -0.2) is 21.8 Å². The zero-order valence-electron chi connectivity index (χ0n) is 10.4. The number of aromatic nitrogens is 2. The van der Waals surface area contributed by atoms with Gasteiger partial charge in [-0.15, -0.1) is 11.6 Å². The molecule has 1 unspecified atom stereocenters. The molecule has 1 aromatic heterocycles. The van der Waals surface area contributed by atoms with Gasteiger partial charge in [0.15, 0.2) is 0 Å². The van der Waals surface area contributed by atoms with Gasteiger partial charge in [-0.25, -0.2) is 4.98 Å². The normalized spacial score (nSPS) is 13.8. The van der Waals surface area contributed by atoms with E-state index in [-0.39, 0.29) is 5.41 Å². The minimum absolute atomic E-state index is 0.0260. The van der Waals surface area contributed by atoms with E-state index >= 15 is 0 Å². The molecule has 0 aliphatic heterocycles. The number of anilines is 1. The van der Waals surface area contributed by atoms with Gasteiger partial charge in [-0.2, -0.15) is 4.37 Å². The highest BCUT2D eigenvalue weighted by Gasteiger charge is 2.19. The minimum Gasteiger partial charge on any atom is -0.360 e. The molecular weight excluding hydrogens is 242 g/mol. The Morgan fingerprint density at radius 3 is 2.62 bits per heavy atom. The number of hydrogen-bond acceptors (Lipinski definition) is 4. The van der Waals surface area contributed by atoms with Gasteiger partial charge in [-0.3, -0.25) is 0 Å². The molecule has 5 heteroatoms. The average Bonchev–Trinajstić information content (AvgIpc) is 2.63. The second kappa shape index (κ2) is 5.82. The maximum atomic E-state index is 5.69. The van der Waals surface area contributed by atoms with Crippen molar-refractivity contribution < 1.29 is 0 Å². The maximum absolute atomic E-state index is 5.69. The minimum atomic E-state index is 0.0260. The van der Waals surface area contributed by atoms with Crippen molar-refractivity contribution in [1.29, 1.82) is 0 Å². The van der Waals surface area contributed by atoms with Crippen LogP contribution < -0.4 is 5.32 Å². The number of alkyl halides is 1. The Morgan fingerprint density at radius 1 is 1.44 bits per heavy atom. The smallest absolute Gasteiger partial charge is 0.202 e. The molecule has 0 aromatic carbocycles. The zero-order valence-corrected chi connectivity index (χ0v) is 12.0. The fourth-order valence-corrected chi connectivity index (χ4v) is 2.29. The van der Waals surface area contributed by atoms with Crippen LogP contribution in [0.1, 0.15) is 39.9 Å². The molecule has 0 bridgehead atoms. The molecule has 1 rings (SSSR count). The van der Waals surface area contributed by atoms with E-state index in [9.17, 15) is 0 Å². The van der Waals surface area contributed by atoms with E-state index in [1.807, 2.05) is 0 Å². The molecule has 16 heavy (non-hydrogen) atoms. The monoisotopic (exact) mass is 261 g/mol. The van der Waals surface area contributed by atoms with Crippen LogP contribution >= 0.6 is 23.1 Å². The summed E-state index contributed by atoms with van der Waals surface area (Å²) >= 11 is 7.12. The van der Waals surface area contributed by atoms with E-state index in [1.54, 1.807) is 0 Å². The summed E-state index contributed by atoms with van der Waals surface area (Å²) < 4.78 is 4.35. The Balaban J connectivity index is 2.47. The lowest BCUT2D eigenvalue weighted by atomic mass is 9.96. The topological polar surface area (TPSA) is 37.8 Å². The zero-order chi connectivity index (χ0) is 12.2. The number of rotatable bonds is 5. The van der Waals surface area contributed by atoms with Gasteiger partial charge < -0.3 is 5.32 Å². The summed E-state index contributed by atoms with van der Waals surface area (Å²) in [7, 11) is 0. The summed E-state index contributed by atoms with van der Waals surface area (Å²) in [5.74, 6) is 2.19. The van der Waals surface area contributed by atoms with Crippen LogP contribution in [0.15, 0.2) is 0 Å². The summed E-state index contributed by atoms with van der Waals surface area (Å²) in [5, 5.41) is 4.22. The predicted molar refractivity (Wildman–Crippen MR) is 71.6 cm³/mol. The summed E-state index contributed by atoms with van der Waals surface area (Å²) in [6, 6.07) is 0. The fourth-order valence-electron chi connectivity index (χ4n) is 1.15. The number of nitrogens with one attached hydrogen (secondary N) is 1. The van der Waals surface area contributed by atoms with Crippen molar-refractivity contribution in [3.8, 4) is 0 Å². The van der Waals surface area contributed by atoms with Gasteiger partial charge in [-0.05, 0) is 12.3 Å². The van der Waals surface area contributed by atoms with Crippen molar-refractivity contribution in [2.75, 3.05) is 17.7 Å². The van der Waals surface area contributed by atoms with Crippen LogP contribution in [0.5, 0.6) is 0 Å². The SMILES string of the molecule is CC(CCCl)CNc1nc(C(C)(C)C)ns1. The van der Waals surface area contributed by atoms with Gasteiger partial charge in [-0.1, -0.05) is 27.7 Å². The highest BCUT2D eigenvalue weighted by Crippen LogP contribution is 2.23. The third kappa shape index (κ3) is 4.26. The van der Waals surface area contributed by atoms with Crippen molar-refractivity contribution in [2.45, 2.75) is 39.5 Å². The van der Waals surface area contributed by atoms with E-state index in [0.717, 1.165) is 23.9 Å². The first-order chi connectivity index (χ1) is 7.43. The third-order valence-corrected chi connectivity index (χ3v) is 3.19. The molecule has 3 nitrogen and oxygen atoms in total. The molecule has 1 aromatic rings. The van der Waals surface area contributed by atoms with Crippen LogP contribution in [0.2, 0.25) is 0 Å². The van der Waals surface area contributed by atoms with Gasteiger partial charge in [0.1, 0.15) is 5.82 Å². The Bertz CT molecular complexity index is 319. The van der Waals surface area contributed by atoms with Crippen molar-refractivity contribution in [3.05, 3.63) is 5.82 Å². The Hall–Kier alpha value is -0.350. The second-order valence-electron chi connectivity index (χ2n) is 5.14. The molecule has 1 N–H and O–H groups in total. The first kappa shape index (κ1) is 13.7. The molecule has 0 aliphatic rings. The molecule has 0 amide bonds. The quantitative estimate of drug-likeness (QED) is 0.825. The fraction of sp³-hybridized carbons (Fsp3) is 0.818. The van der Waals surface area contributed by atoms with Gasteiger partial charge in [0.25, 0.3) is 0 Å². The van der Waals surface area contributed by atoms with Crippen molar-refractivity contribution in [1.82, 2.24) is 9.36 Å². The highest BCUT2D eigenvalue weighted by atomic mass is 35.5. The van der Waals surface area contributed by atoms with E-state index in [0.29, 0.717) is 11.8 Å². The Labute approximate surface area is 107 Å². The molecule has 0 saturated heterocycles. The van der Waals surface area contributed by atoms with Crippen molar-refractivity contribution in [2.24, 2.45) is 5.92 Å². The molecule has 1 heterocycles. The molecule has 0 spiro atoms. The Morgan fingerprint density at radius 2 is 2.12 bits per heavy atom. The standard InChI is InChI=1S/C11H20ClN3S/c1-8(5-6-12)7-13-10-14-9(15-16-10)11(2,3)4/h8H,5-7H2,1-4H3,(H,13,14,15). The van der Waals surface area contributed by atoms with Crippen molar-refractivity contribution >= 4 is 28.3 Å². The molecule has 1 atom stereocenters. The summed E-state index contributed by atoms with van der Waals surface area (Å²) in [6.45, 7) is 9.45. The molecule has 0 fully saturated rings. The molecule has 0 radical (unpaired) electrons. The first-order valence-corrected chi connectivity index (χ1v) is 6.88. The lowest BCUT2D eigenvalue weighted by molar-refractivity contribution is 0.554. The predicted octanol–water partition coefficient (Wildman–Crippen LogP) is 3.51. The van der Waals surface area contributed by atoms with Crippen LogP contribution in [0.3, 0.4) is 0 Å². The van der Waals surface area contributed by atoms with E-state index < -0.39 is 0 Å². The number of nitrogens with zero attached hydrogens (tertiary/aromatic N) is 2. The lowest BCUT2D eigenvalue weighted by Gasteiger charge is -2.12. The average molecular weight is 262 g/mol.